The monoisotopic (exact) mass is 473 g/mol. The van der Waals surface area contributed by atoms with Crippen molar-refractivity contribution in [3.05, 3.63) is 41.0 Å². The van der Waals surface area contributed by atoms with Crippen molar-refractivity contribution in [1.82, 2.24) is 5.32 Å². The topological polar surface area (TPSA) is 46.2 Å². The Balaban J connectivity index is 1.56. The fraction of sp³-hybridized carbons (Fsp3) is 0.643. The van der Waals surface area contributed by atoms with Crippen molar-refractivity contribution >= 4 is 17.3 Å². The third-order valence-corrected chi connectivity index (χ3v) is 10.2. The molecule has 1 aromatic rings. The Bertz CT molecular complexity index is 1060. The van der Waals surface area contributed by atoms with Gasteiger partial charge in [0.1, 0.15) is 0 Å². The molecule has 184 valence electrons. The van der Waals surface area contributed by atoms with Gasteiger partial charge < -0.3 is 5.32 Å². The molecule has 3 fully saturated rings. The van der Waals surface area contributed by atoms with E-state index in [-0.39, 0.29) is 34.0 Å². The van der Waals surface area contributed by atoms with E-state index in [0.717, 1.165) is 43.7 Å². The summed E-state index contributed by atoms with van der Waals surface area (Å²) in [6.07, 6.45) is 1.94. The predicted molar refractivity (Wildman–Crippen MR) is 125 cm³/mol. The Labute approximate surface area is 199 Å². The van der Waals surface area contributed by atoms with E-state index in [4.69, 9.17) is 0 Å². The highest BCUT2D eigenvalue weighted by molar-refractivity contribution is 6.23. The highest BCUT2D eigenvalue weighted by Gasteiger charge is 2.60. The lowest BCUT2D eigenvalue weighted by molar-refractivity contribution is -0.138. The highest BCUT2D eigenvalue weighted by Crippen LogP contribution is 2.67. The van der Waals surface area contributed by atoms with Crippen LogP contribution in [0.25, 0.3) is 5.57 Å². The number of hydrogen-bond acceptors (Lipinski definition) is 2. The summed E-state index contributed by atoms with van der Waals surface area (Å²) in [7, 11) is 1.71. The van der Waals surface area contributed by atoms with Crippen LogP contribution in [0, 0.1) is 34.5 Å². The number of Topliss-reactive ketones (excluding diaryl/α,β-unsaturated/α-hetero) is 1. The van der Waals surface area contributed by atoms with Crippen molar-refractivity contribution in [2.24, 2.45) is 34.5 Å². The van der Waals surface area contributed by atoms with E-state index in [2.05, 4.69) is 19.2 Å². The van der Waals surface area contributed by atoms with Crippen LogP contribution in [0.1, 0.15) is 76.3 Å². The molecule has 1 aromatic carbocycles. The fourth-order valence-electron chi connectivity index (χ4n) is 8.58. The van der Waals surface area contributed by atoms with Gasteiger partial charge >= 0.3 is 6.18 Å². The zero-order chi connectivity index (χ0) is 24.5. The minimum atomic E-state index is -4.50. The molecule has 3 saturated carbocycles. The van der Waals surface area contributed by atoms with E-state index in [0.29, 0.717) is 42.6 Å². The standard InChI is InChI=1S/C28H34F3NO2/c1-26-15-13-23(33)24(17-6-4-5-7-20(17)28(29,30)31)21(26)9-8-16-18-10-11-22(25(34)32-3)27(18,2)14-12-19(16)26/h4-7,16,18-19,22H,8-15H2,1-3H3,(H,32,34)/t16-,18-,19-,22+,26+,27-/m0/s1. The largest absolute Gasteiger partial charge is 0.417 e. The summed E-state index contributed by atoms with van der Waals surface area (Å²) in [5.41, 5.74) is 0.347. The van der Waals surface area contributed by atoms with Gasteiger partial charge in [0.2, 0.25) is 5.91 Å². The first-order valence-corrected chi connectivity index (χ1v) is 12.7. The Hall–Kier alpha value is -2.11. The van der Waals surface area contributed by atoms with Gasteiger partial charge in [0.05, 0.1) is 5.56 Å². The molecule has 1 N–H and O–H groups in total. The second kappa shape index (κ2) is 7.96. The third-order valence-electron chi connectivity index (χ3n) is 10.2. The van der Waals surface area contributed by atoms with Crippen LogP contribution in [0.3, 0.4) is 0 Å². The normalized spacial score (nSPS) is 37.6. The van der Waals surface area contributed by atoms with Crippen LogP contribution in [0.5, 0.6) is 0 Å². The second-order valence-electron chi connectivity index (χ2n) is 11.4. The molecule has 6 heteroatoms. The molecule has 0 radical (unpaired) electrons. The zero-order valence-corrected chi connectivity index (χ0v) is 20.2. The smallest absolute Gasteiger partial charge is 0.359 e. The summed E-state index contributed by atoms with van der Waals surface area (Å²) < 4.78 is 41.6. The number of alkyl halides is 3. The lowest BCUT2D eigenvalue weighted by Crippen LogP contribution is -2.52. The SMILES string of the molecule is CNC(=O)[C@H]1CC[C@H]2[C@@H]3CCC4=C(c5ccccc5C(F)(F)F)C(=O)CC[C@]4(C)[C@H]3CC[C@]12C. The van der Waals surface area contributed by atoms with E-state index >= 15 is 0 Å². The molecule has 0 aliphatic heterocycles. The van der Waals surface area contributed by atoms with Crippen molar-refractivity contribution < 1.29 is 22.8 Å². The van der Waals surface area contributed by atoms with Gasteiger partial charge in [-0.05, 0) is 85.2 Å². The predicted octanol–water partition coefficient (Wildman–Crippen LogP) is 6.43. The van der Waals surface area contributed by atoms with Crippen LogP contribution in [0.2, 0.25) is 0 Å². The molecule has 0 heterocycles. The summed E-state index contributed by atoms with van der Waals surface area (Å²) in [6.45, 7) is 4.49. The highest BCUT2D eigenvalue weighted by atomic mass is 19.4. The van der Waals surface area contributed by atoms with Gasteiger partial charge in [0.15, 0.2) is 5.78 Å². The number of allylic oxidation sites excluding steroid dienone is 1. The Kier molecular flexibility index (Phi) is 5.53. The van der Waals surface area contributed by atoms with E-state index in [1.54, 1.807) is 13.1 Å². The number of halogens is 3. The number of amides is 1. The molecule has 4 aliphatic rings. The Morgan fingerprint density at radius 3 is 2.44 bits per heavy atom. The molecular formula is C28H34F3NO2. The lowest BCUT2D eigenvalue weighted by atomic mass is 9.46. The van der Waals surface area contributed by atoms with Gasteiger partial charge in [-0.3, -0.25) is 9.59 Å². The van der Waals surface area contributed by atoms with E-state index in [1.807, 2.05) is 0 Å². The molecule has 3 nitrogen and oxygen atoms in total. The average Bonchev–Trinajstić information content (AvgIpc) is 3.15. The van der Waals surface area contributed by atoms with Crippen LogP contribution >= 0.6 is 0 Å². The molecule has 0 bridgehead atoms. The molecule has 0 spiro atoms. The molecule has 4 aliphatic carbocycles. The number of benzene rings is 1. The van der Waals surface area contributed by atoms with Gasteiger partial charge in [-0.25, -0.2) is 0 Å². The van der Waals surface area contributed by atoms with Crippen LogP contribution in [-0.2, 0) is 15.8 Å². The van der Waals surface area contributed by atoms with Crippen LogP contribution < -0.4 is 5.32 Å². The van der Waals surface area contributed by atoms with Crippen LogP contribution in [-0.4, -0.2) is 18.7 Å². The quantitative estimate of drug-likeness (QED) is 0.538. The van der Waals surface area contributed by atoms with Crippen LogP contribution in [0.4, 0.5) is 13.2 Å². The minimum Gasteiger partial charge on any atom is -0.359 e. The number of carbonyl (C=O) groups excluding carboxylic acids is 2. The second-order valence-corrected chi connectivity index (χ2v) is 11.4. The number of nitrogens with one attached hydrogen (secondary N) is 1. The van der Waals surface area contributed by atoms with Crippen molar-refractivity contribution in [1.29, 1.82) is 0 Å². The first-order valence-electron chi connectivity index (χ1n) is 12.7. The summed E-state index contributed by atoms with van der Waals surface area (Å²) >= 11 is 0. The van der Waals surface area contributed by atoms with Gasteiger partial charge in [0.25, 0.3) is 0 Å². The van der Waals surface area contributed by atoms with E-state index in [9.17, 15) is 22.8 Å². The molecule has 0 saturated heterocycles. The van der Waals surface area contributed by atoms with Gasteiger partial charge in [-0.1, -0.05) is 37.6 Å². The molecule has 0 aromatic heterocycles. The summed E-state index contributed by atoms with van der Waals surface area (Å²) in [4.78, 5) is 25.8. The number of rotatable bonds is 2. The number of hydrogen-bond donors (Lipinski definition) is 1. The molecule has 0 unspecified atom stereocenters. The first-order chi connectivity index (χ1) is 16.0. The maximum Gasteiger partial charge on any atom is 0.417 e. The van der Waals surface area contributed by atoms with Crippen molar-refractivity contribution in [2.75, 3.05) is 7.05 Å². The minimum absolute atomic E-state index is 0.0188. The van der Waals surface area contributed by atoms with E-state index in [1.165, 1.54) is 12.1 Å². The molecule has 34 heavy (non-hydrogen) atoms. The maximum absolute atomic E-state index is 13.9. The first kappa shape index (κ1) is 23.6. The molecular weight excluding hydrogens is 439 g/mol. The average molecular weight is 474 g/mol. The zero-order valence-electron chi connectivity index (χ0n) is 20.2. The molecule has 1 amide bonds. The summed E-state index contributed by atoms with van der Waals surface area (Å²) in [5, 5.41) is 2.86. The number of ketones is 1. The van der Waals surface area contributed by atoms with Crippen molar-refractivity contribution in [3.63, 3.8) is 0 Å². The maximum atomic E-state index is 13.9. The number of carbonyl (C=O) groups is 2. The van der Waals surface area contributed by atoms with Gasteiger partial charge in [-0.15, -0.1) is 0 Å². The fourth-order valence-corrected chi connectivity index (χ4v) is 8.58. The van der Waals surface area contributed by atoms with Crippen LogP contribution in [0.15, 0.2) is 29.8 Å². The van der Waals surface area contributed by atoms with Gasteiger partial charge in [0, 0.05) is 25.0 Å². The Morgan fingerprint density at radius 1 is 1.00 bits per heavy atom. The van der Waals surface area contributed by atoms with E-state index < -0.39 is 11.7 Å². The number of fused-ring (bicyclic) bond motifs is 5. The lowest BCUT2D eigenvalue weighted by Gasteiger charge is -2.58. The summed E-state index contributed by atoms with van der Waals surface area (Å²) in [5.74, 6) is 1.28. The van der Waals surface area contributed by atoms with Crippen molar-refractivity contribution in [3.8, 4) is 0 Å². The molecule has 5 rings (SSSR count). The third kappa shape index (κ3) is 3.30. The molecule has 6 atom stereocenters. The summed E-state index contributed by atoms with van der Waals surface area (Å²) in [6, 6.07) is 5.57. The van der Waals surface area contributed by atoms with Crippen molar-refractivity contribution in [2.45, 2.75) is 71.4 Å². The Morgan fingerprint density at radius 2 is 1.74 bits per heavy atom. The van der Waals surface area contributed by atoms with Gasteiger partial charge in [-0.2, -0.15) is 13.2 Å².